The summed E-state index contributed by atoms with van der Waals surface area (Å²) in [7, 11) is 2.63. The van der Waals surface area contributed by atoms with Crippen molar-refractivity contribution in [1.82, 2.24) is 45.0 Å². The predicted octanol–water partition coefficient (Wildman–Crippen LogP) is 5.53. The number of aliphatic imine (C=N–C) groups is 1. The molecular weight excluding hydrogens is 741 g/mol. The van der Waals surface area contributed by atoms with Crippen molar-refractivity contribution in [3.63, 3.8) is 0 Å². The number of carbonyl (C=O) groups is 4. The zero-order chi connectivity index (χ0) is 41.1. The number of carbonyl (C=O) groups excluding carboxylic acids is 4. The van der Waals surface area contributed by atoms with Crippen LogP contribution in [0.4, 0.5) is 4.79 Å². The average molecular weight is 791 g/mol. The van der Waals surface area contributed by atoms with E-state index in [1.807, 2.05) is 61.9 Å². The lowest BCUT2D eigenvalue weighted by Crippen LogP contribution is -2.53. The van der Waals surface area contributed by atoms with E-state index in [0.29, 0.717) is 47.9 Å². The second-order valence-electron chi connectivity index (χ2n) is 15.8. The van der Waals surface area contributed by atoms with Crippen LogP contribution in [-0.2, 0) is 23.9 Å². The van der Waals surface area contributed by atoms with Gasteiger partial charge in [0.1, 0.15) is 17.6 Å². The highest BCUT2D eigenvalue weighted by molar-refractivity contribution is 6.04. The molecule has 16 heteroatoms. The van der Waals surface area contributed by atoms with E-state index < -0.39 is 24.0 Å². The molecule has 7 rings (SSSR count). The molecule has 0 radical (unpaired) electrons. The summed E-state index contributed by atoms with van der Waals surface area (Å²) in [4.78, 5) is 86.4. The Labute approximate surface area is 337 Å². The van der Waals surface area contributed by atoms with Crippen molar-refractivity contribution in [1.29, 1.82) is 0 Å². The molecule has 304 valence electrons. The second-order valence-corrected chi connectivity index (χ2v) is 15.8. The van der Waals surface area contributed by atoms with Crippen molar-refractivity contribution in [2.24, 2.45) is 22.7 Å². The number of fused-ring (bicyclic) bond motifs is 1. The molecule has 2 N–H and O–H groups in total. The summed E-state index contributed by atoms with van der Waals surface area (Å²) in [5.74, 6) is -0.0571. The molecule has 0 spiro atoms. The highest BCUT2D eigenvalue weighted by Gasteiger charge is 2.39. The molecular formula is C42H50N10O6. The number of alkyl carbamates (subject to hydrolysis) is 1. The number of hydrogen-bond donors (Lipinski definition) is 2. The number of aromatic amines is 1. The standard InChI is InChI=1S/C42H50N10O6/c1-23(2)28(17-36(53)57-5)40(54)52-14-8-10-35(52)39-47-21-32(49-39)27-19-45-38(46-20-27)33-22-44-30-15-25(11-12-29(30)48-33)26-16-31(43-18-26)34-9-7-13-51(34)41(55)37(24(3)4)50-42(56)58-6/h11-12,15,18-24,28,34-35,37H,7-10,13-14,16-17H2,1-6H3,(H,47,49)(H,50,56)/t28-,34-,35-,37-/m0/s1. The Hall–Kier alpha value is -6.06. The Morgan fingerprint density at radius 3 is 2.24 bits per heavy atom. The molecule has 0 saturated carbocycles. The summed E-state index contributed by atoms with van der Waals surface area (Å²) in [6.45, 7) is 8.91. The number of amides is 3. The maximum Gasteiger partial charge on any atom is 0.407 e. The number of nitrogens with one attached hydrogen (secondary N) is 2. The Balaban J connectivity index is 0.995. The Kier molecular flexibility index (Phi) is 11.9. The van der Waals surface area contributed by atoms with Crippen LogP contribution in [-0.4, -0.2) is 109 Å². The van der Waals surface area contributed by atoms with Gasteiger partial charge in [0.15, 0.2) is 5.82 Å². The van der Waals surface area contributed by atoms with Gasteiger partial charge in [-0.3, -0.25) is 24.4 Å². The van der Waals surface area contributed by atoms with Crippen LogP contribution >= 0.6 is 0 Å². The number of rotatable bonds is 12. The predicted molar refractivity (Wildman–Crippen MR) is 216 cm³/mol. The molecule has 4 atom stereocenters. The number of esters is 1. The van der Waals surface area contributed by atoms with Gasteiger partial charge in [-0.15, -0.1) is 0 Å². The van der Waals surface area contributed by atoms with Crippen LogP contribution in [0.15, 0.2) is 54.2 Å². The van der Waals surface area contributed by atoms with E-state index in [4.69, 9.17) is 24.4 Å². The quantitative estimate of drug-likeness (QED) is 0.171. The molecule has 0 unspecified atom stereocenters. The van der Waals surface area contributed by atoms with Crippen LogP contribution < -0.4 is 5.32 Å². The van der Waals surface area contributed by atoms with Crippen molar-refractivity contribution in [2.75, 3.05) is 27.3 Å². The first-order valence-electron chi connectivity index (χ1n) is 19.9. The van der Waals surface area contributed by atoms with E-state index >= 15 is 0 Å². The molecule has 0 bridgehead atoms. The number of benzene rings is 1. The van der Waals surface area contributed by atoms with Gasteiger partial charge in [0, 0.05) is 49.4 Å². The van der Waals surface area contributed by atoms with Gasteiger partial charge in [-0.2, -0.15) is 0 Å². The highest BCUT2D eigenvalue weighted by atomic mass is 16.5. The van der Waals surface area contributed by atoms with Crippen LogP contribution in [0.2, 0.25) is 0 Å². The van der Waals surface area contributed by atoms with Gasteiger partial charge in [0.2, 0.25) is 11.8 Å². The number of likely N-dealkylation sites (tertiary alicyclic amines) is 2. The lowest BCUT2D eigenvalue weighted by Gasteiger charge is -2.31. The second kappa shape index (κ2) is 17.2. The van der Waals surface area contributed by atoms with Gasteiger partial charge >= 0.3 is 12.1 Å². The minimum atomic E-state index is -0.683. The van der Waals surface area contributed by atoms with E-state index in [9.17, 15) is 19.2 Å². The maximum absolute atomic E-state index is 13.6. The van der Waals surface area contributed by atoms with Gasteiger partial charge in [0.05, 0.1) is 67.8 Å². The summed E-state index contributed by atoms with van der Waals surface area (Å²) in [6.07, 6.45) is 12.0. The molecule has 3 amide bonds. The number of nitrogens with zero attached hydrogens (tertiary/aromatic N) is 8. The molecule has 58 heavy (non-hydrogen) atoms. The van der Waals surface area contributed by atoms with E-state index in [0.717, 1.165) is 53.8 Å². The normalized spacial score (nSPS) is 19.0. The molecule has 3 aromatic heterocycles. The number of aromatic nitrogens is 6. The van der Waals surface area contributed by atoms with Gasteiger partial charge in [-0.25, -0.2) is 24.7 Å². The summed E-state index contributed by atoms with van der Waals surface area (Å²) >= 11 is 0. The lowest BCUT2D eigenvalue weighted by molar-refractivity contribution is -0.148. The zero-order valence-corrected chi connectivity index (χ0v) is 33.8. The van der Waals surface area contributed by atoms with Crippen molar-refractivity contribution >= 4 is 46.2 Å². The van der Waals surface area contributed by atoms with Gasteiger partial charge in [0.25, 0.3) is 0 Å². The van der Waals surface area contributed by atoms with Gasteiger partial charge < -0.3 is 29.6 Å². The number of methoxy groups -OCH3 is 2. The minimum absolute atomic E-state index is 0.0165. The highest BCUT2D eigenvalue weighted by Crippen LogP contribution is 2.35. The molecule has 0 aliphatic carbocycles. The zero-order valence-electron chi connectivity index (χ0n) is 33.8. The Bertz CT molecular complexity index is 2250. The number of allylic oxidation sites excluding steroid dienone is 1. The molecule has 1 aromatic carbocycles. The molecule has 3 aliphatic rings. The summed E-state index contributed by atoms with van der Waals surface area (Å²) in [5, 5.41) is 2.70. The van der Waals surface area contributed by atoms with E-state index in [-0.39, 0.29) is 42.2 Å². The topological polar surface area (TPSA) is 198 Å². The van der Waals surface area contributed by atoms with E-state index in [1.54, 1.807) is 24.8 Å². The Morgan fingerprint density at radius 1 is 0.828 bits per heavy atom. The van der Waals surface area contributed by atoms with Crippen LogP contribution in [0.25, 0.3) is 39.4 Å². The molecule has 2 saturated heterocycles. The minimum Gasteiger partial charge on any atom is -0.469 e. The van der Waals surface area contributed by atoms with Crippen molar-refractivity contribution in [3.8, 4) is 22.8 Å². The largest absolute Gasteiger partial charge is 0.469 e. The third-order valence-electron chi connectivity index (χ3n) is 11.4. The fourth-order valence-electron chi connectivity index (χ4n) is 8.05. The van der Waals surface area contributed by atoms with Gasteiger partial charge in [-0.05, 0) is 60.8 Å². The summed E-state index contributed by atoms with van der Waals surface area (Å²) in [6, 6.07) is 4.87. The number of imidazole rings is 1. The first-order valence-corrected chi connectivity index (χ1v) is 19.9. The number of ether oxygens (including phenoxy) is 2. The summed E-state index contributed by atoms with van der Waals surface area (Å²) in [5.41, 5.74) is 6.33. The third-order valence-corrected chi connectivity index (χ3v) is 11.4. The fraction of sp³-hybridized carbons (Fsp3) is 0.476. The summed E-state index contributed by atoms with van der Waals surface area (Å²) < 4.78 is 9.62. The number of H-pyrrole nitrogens is 1. The van der Waals surface area contributed by atoms with Crippen LogP contribution in [0.5, 0.6) is 0 Å². The molecule has 16 nitrogen and oxygen atoms in total. The molecule has 2 fully saturated rings. The van der Waals surface area contributed by atoms with Crippen molar-refractivity contribution in [2.45, 2.75) is 84.3 Å². The molecule has 4 aromatic rings. The SMILES string of the molecule is COC(=O)C[C@H](C(=O)N1CCC[C@H]1c1ncc(-c2cnc(-c3cnc4cc(C5=CN=C([C@@H]6CCCN6C(=O)[C@@H](NC(=O)OC)C(C)C)C5)ccc4n3)nc2)[nH]1)C(C)C. The van der Waals surface area contributed by atoms with Gasteiger partial charge in [-0.1, -0.05) is 33.8 Å². The maximum atomic E-state index is 13.6. The van der Waals surface area contributed by atoms with Crippen molar-refractivity contribution in [3.05, 3.63) is 60.6 Å². The average Bonchev–Trinajstić information content (AvgIpc) is 4.07. The Morgan fingerprint density at radius 2 is 1.55 bits per heavy atom. The van der Waals surface area contributed by atoms with E-state index in [2.05, 4.69) is 25.3 Å². The van der Waals surface area contributed by atoms with E-state index in [1.165, 1.54) is 14.2 Å². The fourth-order valence-corrected chi connectivity index (χ4v) is 8.05. The molecule has 6 heterocycles. The first-order chi connectivity index (χ1) is 27.9. The smallest absolute Gasteiger partial charge is 0.407 e. The monoisotopic (exact) mass is 790 g/mol. The molecule has 3 aliphatic heterocycles. The van der Waals surface area contributed by atoms with Crippen LogP contribution in [0.1, 0.15) is 83.6 Å². The third kappa shape index (κ3) is 8.31. The first kappa shape index (κ1) is 40.1. The van der Waals surface area contributed by atoms with Crippen LogP contribution in [0, 0.1) is 17.8 Å². The van der Waals surface area contributed by atoms with Crippen molar-refractivity contribution < 1.29 is 28.7 Å². The number of hydrogen-bond acceptors (Lipinski definition) is 12. The lowest BCUT2D eigenvalue weighted by atomic mass is 9.91. The van der Waals surface area contributed by atoms with Crippen LogP contribution in [0.3, 0.4) is 0 Å².